The van der Waals surface area contributed by atoms with E-state index in [1.807, 2.05) is 0 Å². The number of aliphatic hydroxyl groups is 4. The van der Waals surface area contributed by atoms with E-state index in [-0.39, 0.29) is 12.8 Å². The van der Waals surface area contributed by atoms with Crippen LogP contribution < -0.4 is 0 Å². The van der Waals surface area contributed by atoms with E-state index in [1.165, 1.54) is 20.8 Å². The predicted molar refractivity (Wildman–Crippen MR) is 77.5 cm³/mol. The molecule has 1 rings (SSSR count). The molecule has 0 aromatic rings. The first kappa shape index (κ1) is 20.1. The van der Waals surface area contributed by atoms with E-state index in [0.29, 0.717) is 0 Å². The highest BCUT2D eigenvalue weighted by Gasteiger charge is 2.79. The molecule has 1 heterocycles. The molecule has 0 radical (unpaired) electrons. The van der Waals surface area contributed by atoms with Crippen LogP contribution in [0.2, 0.25) is 0 Å². The monoisotopic (exact) mass is 352 g/mol. The van der Waals surface area contributed by atoms with E-state index in [9.17, 15) is 34.8 Å². The third kappa shape index (κ3) is 2.63. The van der Waals surface area contributed by atoms with Crippen LogP contribution >= 0.6 is 11.6 Å². The minimum Gasteiger partial charge on any atom is -0.382 e. The van der Waals surface area contributed by atoms with E-state index in [4.69, 9.17) is 16.3 Å². The summed E-state index contributed by atoms with van der Waals surface area (Å²) < 4.78 is 4.82. The number of rotatable bonds is 7. The molecule has 0 aromatic heterocycles. The smallest absolute Gasteiger partial charge is 0.287 e. The molecule has 1 aliphatic heterocycles. The van der Waals surface area contributed by atoms with Crippen molar-refractivity contribution in [1.82, 2.24) is 0 Å². The van der Waals surface area contributed by atoms with Crippen molar-refractivity contribution in [1.29, 1.82) is 0 Å². The van der Waals surface area contributed by atoms with Crippen LogP contribution in [0.5, 0.6) is 0 Å². The van der Waals surface area contributed by atoms with E-state index >= 15 is 0 Å². The van der Waals surface area contributed by atoms with E-state index < -0.39 is 52.4 Å². The summed E-state index contributed by atoms with van der Waals surface area (Å²) >= 11 is 5.65. The van der Waals surface area contributed by atoms with Crippen LogP contribution in [0.25, 0.3) is 0 Å². The van der Waals surface area contributed by atoms with Gasteiger partial charge < -0.3 is 25.2 Å². The van der Waals surface area contributed by atoms with E-state index in [1.54, 1.807) is 0 Å². The standard InChI is InChI=1S/C14H21ClO8/c1-4-7(16)10(19)11-12(20,8(17)5-2)13(21,9(18)6-3)14(15,22)23-11/h10-11,19-22H,4-6H2,1-3H3/t10?,11-,12-,13-,14?/m1/s1. The predicted octanol–water partition coefficient (Wildman–Crippen LogP) is -0.970. The maximum Gasteiger partial charge on any atom is 0.287 e. The Morgan fingerprint density at radius 3 is 1.91 bits per heavy atom. The van der Waals surface area contributed by atoms with Gasteiger partial charge in [-0.3, -0.25) is 14.4 Å². The number of Topliss-reactive ketones (excluding diaryl/α,β-unsaturated/α-hetero) is 3. The molecule has 9 heteroatoms. The molecule has 23 heavy (non-hydrogen) atoms. The normalized spacial score (nSPS) is 38.3. The third-order valence-corrected chi connectivity index (χ3v) is 4.49. The van der Waals surface area contributed by atoms with Gasteiger partial charge in [0, 0.05) is 19.3 Å². The molecule has 1 saturated heterocycles. The Hall–Kier alpha value is -0.900. The highest BCUT2D eigenvalue weighted by Crippen LogP contribution is 2.50. The molecule has 0 amide bonds. The van der Waals surface area contributed by atoms with Crippen LogP contribution in [0.15, 0.2) is 0 Å². The van der Waals surface area contributed by atoms with Crippen molar-refractivity contribution in [2.75, 3.05) is 0 Å². The zero-order chi connectivity index (χ0) is 18.2. The summed E-state index contributed by atoms with van der Waals surface area (Å²) in [5.74, 6) is -3.10. The number of carbonyl (C=O) groups is 3. The summed E-state index contributed by atoms with van der Waals surface area (Å²) in [4.78, 5) is 36.1. The summed E-state index contributed by atoms with van der Waals surface area (Å²) in [6.07, 6.45) is -5.08. The van der Waals surface area contributed by atoms with Gasteiger partial charge in [0.15, 0.2) is 23.0 Å². The molecule has 5 atom stereocenters. The number of hydrogen-bond donors (Lipinski definition) is 4. The number of carbonyl (C=O) groups excluding carboxylic acids is 3. The number of hydrogen-bond acceptors (Lipinski definition) is 8. The van der Waals surface area contributed by atoms with Crippen LogP contribution in [0.3, 0.4) is 0 Å². The van der Waals surface area contributed by atoms with Gasteiger partial charge in [0.2, 0.25) is 5.60 Å². The zero-order valence-electron chi connectivity index (χ0n) is 13.1. The van der Waals surface area contributed by atoms with Crippen molar-refractivity contribution in [2.24, 2.45) is 0 Å². The first-order valence-electron chi connectivity index (χ1n) is 7.26. The van der Waals surface area contributed by atoms with Crippen molar-refractivity contribution < 1.29 is 39.5 Å². The molecule has 0 bridgehead atoms. The van der Waals surface area contributed by atoms with Crippen molar-refractivity contribution in [3.63, 3.8) is 0 Å². The zero-order valence-corrected chi connectivity index (χ0v) is 13.8. The minimum absolute atomic E-state index is 0.168. The maximum atomic E-state index is 12.3. The third-order valence-electron chi connectivity index (χ3n) is 4.13. The SMILES string of the molecule is CCC(=O)C(O)[C@H]1OC(O)(Cl)[C@@](O)(C(=O)CC)[C@@]1(O)C(=O)CC. The Labute approximate surface area is 138 Å². The van der Waals surface area contributed by atoms with Gasteiger partial charge in [0.05, 0.1) is 0 Å². The quantitative estimate of drug-likeness (QED) is 0.429. The van der Waals surface area contributed by atoms with Crippen LogP contribution in [0.4, 0.5) is 0 Å². The van der Waals surface area contributed by atoms with Gasteiger partial charge in [-0.15, -0.1) is 0 Å². The second-order valence-corrected chi connectivity index (χ2v) is 5.91. The van der Waals surface area contributed by atoms with Gasteiger partial charge in [-0.2, -0.15) is 0 Å². The van der Waals surface area contributed by atoms with Crippen LogP contribution in [0.1, 0.15) is 40.0 Å². The Kier molecular flexibility index (Phi) is 5.73. The van der Waals surface area contributed by atoms with Gasteiger partial charge >= 0.3 is 0 Å². The van der Waals surface area contributed by atoms with E-state index in [0.717, 1.165) is 0 Å². The van der Waals surface area contributed by atoms with Gasteiger partial charge in [-0.05, 0) is 0 Å². The number of aliphatic hydroxyl groups excluding tert-OH is 1. The Bertz CT molecular complexity index is 519. The van der Waals surface area contributed by atoms with Gasteiger partial charge in [0.25, 0.3) is 5.25 Å². The second kappa shape index (κ2) is 6.54. The molecular weight excluding hydrogens is 332 g/mol. The number of ether oxygens (including phenoxy) is 1. The number of halogens is 1. The molecule has 0 saturated carbocycles. The summed E-state index contributed by atoms with van der Waals surface area (Å²) in [5.41, 5.74) is -6.31. The van der Waals surface area contributed by atoms with Crippen molar-refractivity contribution in [3.05, 3.63) is 0 Å². The average molecular weight is 353 g/mol. The fourth-order valence-corrected chi connectivity index (χ4v) is 3.07. The molecular formula is C14H21ClO8. The summed E-state index contributed by atoms with van der Waals surface area (Å²) in [5, 5.41) is 38.4. The Morgan fingerprint density at radius 1 is 1.04 bits per heavy atom. The Balaban J connectivity index is 3.60. The van der Waals surface area contributed by atoms with Crippen molar-refractivity contribution in [2.45, 2.75) is 68.7 Å². The summed E-state index contributed by atoms with van der Waals surface area (Å²) in [6.45, 7) is 4.05. The molecule has 0 spiro atoms. The highest BCUT2D eigenvalue weighted by molar-refractivity contribution is 6.26. The topological polar surface area (TPSA) is 141 Å². The first-order chi connectivity index (χ1) is 10.4. The van der Waals surface area contributed by atoms with Crippen LogP contribution in [0, 0.1) is 0 Å². The van der Waals surface area contributed by atoms with Gasteiger partial charge in [-0.1, -0.05) is 32.4 Å². The van der Waals surface area contributed by atoms with E-state index in [2.05, 4.69) is 0 Å². The second-order valence-electron chi connectivity index (χ2n) is 5.39. The molecule has 2 unspecified atom stereocenters. The molecule has 0 aliphatic carbocycles. The highest BCUT2D eigenvalue weighted by atomic mass is 35.5. The average Bonchev–Trinajstić information content (AvgIpc) is 2.70. The lowest BCUT2D eigenvalue weighted by Crippen LogP contribution is -2.71. The lowest BCUT2D eigenvalue weighted by atomic mass is 9.71. The van der Waals surface area contributed by atoms with Gasteiger partial charge in [-0.25, -0.2) is 0 Å². The molecule has 1 aliphatic rings. The number of ketones is 3. The molecule has 4 N–H and O–H groups in total. The fraction of sp³-hybridized carbons (Fsp3) is 0.786. The molecule has 0 aromatic carbocycles. The lowest BCUT2D eigenvalue weighted by Gasteiger charge is -2.39. The van der Waals surface area contributed by atoms with Crippen LogP contribution in [-0.2, 0) is 19.1 Å². The minimum atomic E-state index is -3.23. The summed E-state index contributed by atoms with van der Waals surface area (Å²) in [7, 11) is 0. The largest absolute Gasteiger partial charge is 0.382 e. The number of alkyl halides is 1. The van der Waals surface area contributed by atoms with Crippen molar-refractivity contribution in [3.8, 4) is 0 Å². The van der Waals surface area contributed by atoms with Gasteiger partial charge in [0.1, 0.15) is 12.2 Å². The Morgan fingerprint density at radius 2 is 1.52 bits per heavy atom. The lowest BCUT2D eigenvalue weighted by molar-refractivity contribution is -0.218. The summed E-state index contributed by atoms with van der Waals surface area (Å²) in [6, 6.07) is 0. The van der Waals surface area contributed by atoms with Crippen molar-refractivity contribution >= 4 is 29.0 Å². The first-order valence-corrected chi connectivity index (χ1v) is 7.64. The molecule has 132 valence electrons. The fourth-order valence-electron chi connectivity index (χ4n) is 2.72. The molecule has 1 fully saturated rings. The van der Waals surface area contributed by atoms with Crippen LogP contribution in [-0.4, -0.2) is 66.4 Å². The maximum absolute atomic E-state index is 12.3. The molecule has 8 nitrogen and oxygen atoms in total.